The van der Waals surface area contributed by atoms with Gasteiger partial charge in [-0.3, -0.25) is 4.79 Å². The third-order valence-electron chi connectivity index (χ3n) is 2.93. The quantitative estimate of drug-likeness (QED) is 0.887. The fourth-order valence-corrected chi connectivity index (χ4v) is 2.16. The van der Waals surface area contributed by atoms with Gasteiger partial charge in [-0.05, 0) is 48.9 Å². The highest BCUT2D eigenvalue weighted by Crippen LogP contribution is 2.26. The van der Waals surface area contributed by atoms with E-state index in [1.165, 1.54) is 36.4 Å². The third-order valence-corrected chi connectivity index (χ3v) is 3.72. The molecule has 0 aliphatic heterocycles. The predicted molar refractivity (Wildman–Crippen MR) is 82.6 cm³/mol. The Hall–Kier alpha value is -2.04. The fraction of sp³-hybridized carbons (Fsp3) is 0.0667. The van der Waals surface area contributed by atoms with Crippen molar-refractivity contribution in [1.29, 1.82) is 0 Å². The molecule has 0 spiro atoms. The lowest BCUT2D eigenvalue weighted by Crippen LogP contribution is -2.12. The van der Waals surface area contributed by atoms with Crippen molar-refractivity contribution in [3.8, 4) is 0 Å². The van der Waals surface area contributed by atoms with Gasteiger partial charge in [-0.25, -0.2) is 4.79 Å². The molecule has 0 radical (unpaired) electrons. The van der Waals surface area contributed by atoms with Crippen LogP contribution in [0.15, 0.2) is 36.4 Å². The molecule has 108 valence electrons. The van der Waals surface area contributed by atoms with Gasteiger partial charge in [0.05, 0.1) is 5.56 Å². The van der Waals surface area contributed by atoms with Gasteiger partial charge < -0.3 is 10.4 Å². The van der Waals surface area contributed by atoms with Crippen LogP contribution >= 0.6 is 23.2 Å². The second-order valence-corrected chi connectivity index (χ2v) is 5.22. The highest BCUT2D eigenvalue weighted by molar-refractivity contribution is 6.36. The highest BCUT2D eigenvalue weighted by atomic mass is 35.5. The number of halogens is 2. The van der Waals surface area contributed by atoms with Crippen LogP contribution in [-0.4, -0.2) is 17.0 Å². The molecule has 0 bridgehead atoms. The Kier molecular flexibility index (Phi) is 4.50. The number of anilines is 1. The molecule has 2 N–H and O–H groups in total. The summed E-state index contributed by atoms with van der Waals surface area (Å²) in [7, 11) is 0. The number of hydrogen-bond acceptors (Lipinski definition) is 2. The Bertz CT molecular complexity index is 688. The SMILES string of the molecule is Cc1c(Cl)cc(C(=O)Nc2ccc(C(=O)O)cc2)cc1Cl. The molecule has 0 unspecified atom stereocenters. The van der Waals surface area contributed by atoms with Crippen LogP contribution < -0.4 is 5.32 Å². The molecule has 0 heterocycles. The summed E-state index contributed by atoms with van der Waals surface area (Å²) >= 11 is 12.0. The third kappa shape index (κ3) is 3.54. The molecular weight excluding hydrogens is 313 g/mol. The minimum Gasteiger partial charge on any atom is -0.478 e. The molecule has 0 fully saturated rings. The number of aromatic carboxylic acids is 1. The van der Waals surface area contributed by atoms with Gasteiger partial charge in [0.2, 0.25) is 0 Å². The summed E-state index contributed by atoms with van der Waals surface area (Å²) in [6, 6.07) is 8.91. The average molecular weight is 324 g/mol. The Labute approximate surface area is 131 Å². The number of carboxylic acids is 1. The summed E-state index contributed by atoms with van der Waals surface area (Å²) in [4.78, 5) is 22.9. The molecule has 2 rings (SSSR count). The summed E-state index contributed by atoms with van der Waals surface area (Å²) in [5.41, 5.74) is 1.67. The first-order valence-electron chi connectivity index (χ1n) is 5.99. The van der Waals surface area contributed by atoms with Crippen LogP contribution in [0, 0.1) is 6.92 Å². The summed E-state index contributed by atoms with van der Waals surface area (Å²) in [5, 5.41) is 12.3. The summed E-state index contributed by atoms with van der Waals surface area (Å²) < 4.78 is 0. The number of carboxylic acid groups (broad SMARTS) is 1. The molecule has 0 aromatic heterocycles. The van der Waals surface area contributed by atoms with E-state index >= 15 is 0 Å². The van der Waals surface area contributed by atoms with Crippen LogP contribution in [0.3, 0.4) is 0 Å². The number of amides is 1. The highest BCUT2D eigenvalue weighted by Gasteiger charge is 2.11. The topological polar surface area (TPSA) is 66.4 Å². The fourth-order valence-electron chi connectivity index (χ4n) is 1.68. The largest absolute Gasteiger partial charge is 0.478 e. The number of benzene rings is 2. The Morgan fingerprint density at radius 2 is 1.52 bits per heavy atom. The van der Waals surface area contributed by atoms with E-state index in [9.17, 15) is 9.59 Å². The summed E-state index contributed by atoms with van der Waals surface area (Å²) in [6.45, 7) is 1.76. The molecule has 0 saturated carbocycles. The standard InChI is InChI=1S/C15H11Cl2NO3/c1-8-12(16)6-10(7-13(8)17)14(19)18-11-4-2-9(3-5-11)15(20)21/h2-7H,1H3,(H,18,19)(H,20,21). The van der Waals surface area contributed by atoms with Crippen molar-refractivity contribution in [3.63, 3.8) is 0 Å². The number of carbonyl (C=O) groups is 2. The first-order valence-corrected chi connectivity index (χ1v) is 6.74. The zero-order valence-electron chi connectivity index (χ0n) is 11.0. The normalized spacial score (nSPS) is 10.2. The van der Waals surface area contributed by atoms with Crippen molar-refractivity contribution in [2.75, 3.05) is 5.32 Å². The zero-order chi connectivity index (χ0) is 15.6. The van der Waals surface area contributed by atoms with E-state index < -0.39 is 5.97 Å². The van der Waals surface area contributed by atoms with Gasteiger partial charge in [-0.15, -0.1) is 0 Å². The number of rotatable bonds is 3. The summed E-state index contributed by atoms with van der Waals surface area (Å²) in [6.07, 6.45) is 0. The first-order chi connectivity index (χ1) is 9.88. The van der Waals surface area contributed by atoms with Crippen LogP contribution in [0.4, 0.5) is 5.69 Å². The Balaban J connectivity index is 2.20. The van der Waals surface area contributed by atoms with Crippen LogP contribution in [0.5, 0.6) is 0 Å². The van der Waals surface area contributed by atoms with E-state index in [2.05, 4.69) is 5.32 Å². The lowest BCUT2D eigenvalue weighted by molar-refractivity contribution is 0.0696. The molecule has 21 heavy (non-hydrogen) atoms. The van der Waals surface area contributed by atoms with Crippen molar-refractivity contribution in [3.05, 3.63) is 63.1 Å². The molecule has 1 amide bonds. The zero-order valence-corrected chi connectivity index (χ0v) is 12.5. The molecule has 2 aromatic rings. The molecule has 0 atom stereocenters. The van der Waals surface area contributed by atoms with Crippen molar-refractivity contribution in [2.45, 2.75) is 6.92 Å². The lowest BCUT2D eigenvalue weighted by Gasteiger charge is -2.08. The number of hydrogen-bond donors (Lipinski definition) is 2. The second-order valence-electron chi connectivity index (χ2n) is 4.40. The van der Waals surface area contributed by atoms with Gasteiger partial charge in [0.25, 0.3) is 5.91 Å². The van der Waals surface area contributed by atoms with E-state index in [0.29, 0.717) is 26.9 Å². The lowest BCUT2D eigenvalue weighted by atomic mass is 10.1. The monoisotopic (exact) mass is 323 g/mol. The maximum absolute atomic E-state index is 12.1. The minimum atomic E-state index is -1.02. The molecule has 0 aliphatic rings. The van der Waals surface area contributed by atoms with Gasteiger partial charge in [0.1, 0.15) is 0 Å². The van der Waals surface area contributed by atoms with Gasteiger partial charge >= 0.3 is 5.97 Å². The molecule has 6 heteroatoms. The summed E-state index contributed by atoms with van der Waals surface area (Å²) in [5.74, 6) is -1.40. The van der Waals surface area contributed by atoms with E-state index in [4.69, 9.17) is 28.3 Å². The Morgan fingerprint density at radius 1 is 1.00 bits per heavy atom. The Morgan fingerprint density at radius 3 is 2.00 bits per heavy atom. The van der Waals surface area contributed by atoms with Crippen LogP contribution in [0.1, 0.15) is 26.3 Å². The number of carbonyl (C=O) groups excluding carboxylic acids is 1. The first kappa shape index (κ1) is 15.4. The van der Waals surface area contributed by atoms with E-state index in [1.54, 1.807) is 6.92 Å². The maximum Gasteiger partial charge on any atom is 0.335 e. The van der Waals surface area contributed by atoms with Crippen LogP contribution in [-0.2, 0) is 0 Å². The van der Waals surface area contributed by atoms with E-state index in [1.807, 2.05) is 0 Å². The van der Waals surface area contributed by atoms with E-state index in [0.717, 1.165) is 0 Å². The van der Waals surface area contributed by atoms with Crippen molar-refractivity contribution < 1.29 is 14.7 Å². The van der Waals surface area contributed by atoms with Crippen LogP contribution in [0.25, 0.3) is 0 Å². The van der Waals surface area contributed by atoms with Crippen molar-refractivity contribution >= 4 is 40.8 Å². The van der Waals surface area contributed by atoms with Crippen LogP contribution in [0.2, 0.25) is 10.0 Å². The van der Waals surface area contributed by atoms with Crippen molar-refractivity contribution in [2.24, 2.45) is 0 Å². The predicted octanol–water partition coefficient (Wildman–Crippen LogP) is 4.25. The molecule has 2 aromatic carbocycles. The minimum absolute atomic E-state index is 0.148. The van der Waals surface area contributed by atoms with Gasteiger partial charge in [0, 0.05) is 21.3 Å². The molecular formula is C15H11Cl2NO3. The number of nitrogens with one attached hydrogen (secondary N) is 1. The molecule has 0 saturated heterocycles. The van der Waals surface area contributed by atoms with Gasteiger partial charge in [0.15, 0.2) is 0 Å². The smallest absolute Gasteiger partial charge is 0.335 e. The molecule has 0 aliphatic carbocycles. The van der Waals surface area contributed by atoms with Gasteiger partial charge in [-0.1, -0.05) is 23.2 Å². The molecule has 4 nitrogen and oxygen atoms in total. The van der Waals surface area contributed by atoms with Crippen molar-refractivity contribution in [1.82, 2.24) is 0 Å². The van der Waals surface area contributed by atoms with E-state index in [-0.39, 0.29) is 11.5 Å². The average Bonchev–Trinajstić information content (AvgIpc) is 2.44. The second kappa shape index (κ2) is 6.16. The maximum atomic E-state index is 12.1. The van der Waals surface area contributed by atoms with Gasteiger partial charge in [-0.2, -0.15) is 0 Å².